The minimum absolute atomic E-state index is 0. The van der Waals surface area contributed by atoms with Gasteiger partial charge in [0.1, 0.15) is 11.5 Å². The fourth-order valence-electron chi connectivity index (χ4n) is 4.03. The number of rotatable bonds is 9. The third-order valence-corrected chi connectivity index (χ3v) is 5.89. The summed E-state index contributed by atoms with van der Waals surface area (Å²) in [5.41, 5.74) is 1.08. The average molecular weight is 539 g/mol. The number of benzene rings is 2. The molecule has 2 aromatic rings. The summed E-state index contributed by atoms with van der Waals surface area (Å²) in [4.78, 5) is 4.27. The molecule has 1 N–H and O–H groups in total. The van der Waals surface area contributed by atoms with E-state index in [4.69, 9.17) is 4.74 Å². The Kier molecular flexibility index (Phi) is 12.0. The Hall–Kier alpha value is -1.87. The molecule has 1 aliphatic rings. The van der Waals surface area contributed by atoms with Crippen LogP contribution in [0, 0.1) is 0 Å². The number of halogens is 5. The van der Waals surface area contributed by atoms with Crippen LogP contribution in [-0.4, -0.2) is 54.8 Å². The molecular weight excluding hydrogens is 504 g/mol. The molecule has 1 aliphatic heterocycles. The van der Waals surface area contributed by atoms with Gasteiger partial charge in [-0.15, -0.1) is 38.0 Å². The van der Waals surface area contributed by atoms with Crippen LogP contribution < -0.4 is 14.4 Å². The Morgan fingerprint density at radius 2 is 1.66 bits per heavy atom. The van der Waals surface area contributed by atoms with Crippen molar-refractivity contribution >= 4 is 30.5 Å². The smallest absolute Gasteiger partial charge is 0.491 e. The Morgan fingerprint density at radius 3 is 2.23 bits per heavy atom. The van der Waals surface area contributed by atoms with E-state index in [-0.39, 0.29) is 36.7 Å². The van der Waals surface area contributed by atoms with Crippen molar-refractivity contribution in [1.82, 2.24) is 4.90 Å². The largest absolute Gasteiger partial charge is 0.573 e. The highest BCUT2D eigenvalue weighted by Gasteiger charge is 2.33. The molecule has 35 heavy (non-hydrogen) atoms. The summed E-state index contributed by atoms with van der Waals surface area (Å²) in [5, 5.41) is 11.0. The van der Waals surface area contributed by atoms with Gasteiger partial charge in [0.25, 0.3) is 0 Å². The van der Waals surface area contributed by atoms with Gasteiger partial charge in [-0.05, 0) is 75.1 Å². The quantitative estimate of drug-likeness (QED) is 0.419. The summed E-state index contributed by atoms with van der Waals surface area (Å²) in [5.74, 6) is 0.629. The Balaban J connectivity index is 0.00000306. The van der Waals surface area contributed by atoms with Gasteiger partial charge < -0.3 is 19.5 Å². The van der Waals surface area contributed by atoms with Crippen molar-refractivity contribution in [2.45, 2.75) is 57.7 Å². The predicted molar refractivity (Wildman–Crippen MR) is 137 cm³/mol. The van der Waals surface area contributed by atoms with Crippen molar-refractivity contribution in [3.05, 3.63) is 54.1 Å². The lowest BCUT2D eigenvalue weighted by Gasteiger charge is -2.39. The predicted octanol–water partition coefficient (Wildman–Crippen LogP) is 6.07. The lowest BCUT2D eigenvalue weighted by atomic mass is 9.88. The van der Waals surface area contributed by atoms with Gasteiger partial charge in [-0.1, -0.05) is 12.1 Å². The van der Waals surface area contributed by atoms with E-state index in [2.05, 4.69) is 14.5 Å². The molecule has 0 aliphatic carbocycles. The van der Waals surface area contributed by atoms with E-state index < -0.39 is 12.0 Å². The first kappa shape index (κ1) is 31.2. The van der Waals surface area contributed by atoms with Crippen LogP contribution >= 0.6 is 24.8 Å². The van der Waals surface area contributed by atoms with Crippen LogP contribution in [0.2, 0.25) is 0 Å². The molecule has 0 amide bonds. The first-order valence-electron chi connectivity index (χ1n) is 11.3. The molecule has 1 fully saturated rings. The second-order valence-electron chi connectivity index (χ2n) is 9.03. The number of piperidine rings is 1. The molecule has 0 radical (unpaired) electrons. The molecule has 0 saturated carbocycles. The number of nitrogens with zero attached hydrogens (tertiary/aromatic N) is 2. The molecule has 198 valence electrons. The minimum Gasteiger partial charge on any atom is -0.491 e. The summed E-state index contributed by atoms with van der Waals surface area (Å²) >= 11 is 0. The number of likely N-dealkylation sites (tertiary alicyclic amines) is 1. The van der Waals surface area contributed by atoms with E-state index in [1.807, 2.05) is 45.2 Å². The van der Waals surface area contributed by atoms with Crippen molar-refractivity contribution in [2.75, 3.05) is 31.6 Å². The van der Waals surface area contributed by atoms with Crippen LogP contribution in [-0.2, 0) is 6.54 Å². The molecule has 1 heterocycles. The van der Waals surface area contributed by atoms with E-state index >= 15 is 0 Å². The first-order chi connectivity index (χ1) is 15.5. The highest BCUT2D eigenvalue weighted by atomic mass is 35.5. The number of hydrogen-bond donors (Lipinski definition) is 1. The maximum absolute atomic E-state index is 12.4. The van der Waals surface area contributed by atoms with Crippen LogP contribution in [0.3, 0.4) is 0 Å². The van der Waals surface area contributed by atoms with Crippen LogP contribution in [0.4, 0.5) is 18.9 Å². The minimum atomic E-state index is -4.70. The molecule has 5 nitrogen and oxygen atoms in total. The lowest BCUT2D eigenvalue weighted by molar-refractivity contribution is -0.274. The molecule has 0 atom stereocenters. The van der Waals surface area contributed by atoms with Crippen LogP contribution in [0.1, 0.15) is 38.7 Å². The highest BCUT2D eigenvalue weighted by molar-refractivity contribution is 5.85. The molecule has 2 aromatic carbocycles. The Labute approximate surface area is 218 Å². The van der Waals surface area contributed by atoms with Gasteiger partial charge in [-0.3, -0.25) is 4.90 Å². The lowest BCUT2D eigenvalue weighted by Crippen LogP contribution is -2.45. The topological polar surface area (TPSA) is 45.2 Å². The van der Waals surface area contributed by atoms with Gasteiger partial charge in [0, 0.05) is 38.9 Å². The van der Waals surface area contributed by atoms with Crippen molar-refractivity contribution in [2.24, 2.45) is 0 Å². The van der Waals surface area contributed by atoms with E-state index in [1.165, 1.54) is 12.1 Å². The van der Waals surface area contributed by atoms with Crippen LogP contribution in [0.5, 0.6) is 11.5 Å². The summed E-state index contributed by atoms with van der Waals surface area (Å²) < 4.78 is 47.0. The first-order valence-corrected chi connectivity index (χ1v) is 11.3. The molecule has 10 heteroatoms. The Bertz CT molecular complexity index is 890. The van der Waals surface area contributed by atoms with Gasteiger partial charge in [-0.2, -0.15) is 0 Å². The van der Waals surface area contributed by atoms with Crippen LogP contribution in [0.15, 0.2) is 48.5 Å². The monoisotopic (exact) mass is 538 g/mol. The number of aliphatic hydroxyl groups is 1. The van der Waals surface area contributed by atoms with E-state index in [0.717, 1.165) is 23.5 Å². The van der Waals surface area contributed by atoms with Gasteiger partial charge in [-0.25, -0.2) is 0 Å². The van der Waals surface area contributed by atoms with Crippen molar-refractivity contribution < 1.29 is 27.8 Å². The summed E-state index contributed by atoms with van der Waals surface area (Å²) in [6.45, 7) is 6.60. The van der Waals surface area contributed by atoms with Gasteiger partial charge in [0.15, 0.2) is 0 Å². The molecule has 0 aromatic heterocycles. The van der Waals surface area contributed by atoms with Crippen molar-refractivity contribution in [1.29, 1.82) is 0 Å². The van der Waals surface area contributed by atoms with E-state index in [9.17, 15) is 18.3 Å². The third-order valence-electron chi connectivity index (χ3n) is 5.89. The van der Waals surface area contributed by atoms with Gasteiger partial charge in [0.05, 0.1) is 11.7 Å². The van der Waals surface area contributed by atoms with E-state index in [0.29, 0.717) is 38.9 Å². The maximum Gasteiger partial charge on any atom is 0.573 e. The standard InChI is InChI=1S/C25H33F3N2O3.2ClH/c1-19(2)32-22-9-7-21(8-10-22)29(3)14-11-24(31)12-15-30(16-13-24)18-20-5-4-6-23(17-20)33-25(26,27)28;;/h4-10,17,19,31H,11-16,18H2,1-3H3;2*1H. The molecular formula is C25H35Cl2F3N2O3. The maximum atomic E-state index is 12.4. The zero-order chi connectivity index (χ0) is 24.1. The van der Waals surface area contributed by atoms with Crippen LogP contribution in [0.25, 0.3) is 0 Å². The second kappa shape index (κ2) is 13.4. The molecule has 0 spiro atoms. The SMILES string of the molecule is CC(C)Oc1ccc(N(C)CCC2(O)CCN(Cc3cccc(OC(F)(F)F)c3)CC2)cc1.Cl.Cl. The van der Waals surface area contributed by atoms with E-state index in [1.54, 1.807) is 12.1 Å². The molecule has 0 bridgehead atoms. The summed E-state index contributed by atoms with van der Waals surface area (Å²) in [6, 6.07) is 14.0. The molecule has 0 unspecified atom stereocenters. The third kappa shape index (κ3) is 10.3. The van der Waals surface area contributed by atoms with Crippen molar-refractivity contribution in [3.63, 3.8) is 0 Å². The highest BCUT2D eigenvalue weighted by Crippen LogP contribution is 2.29. The summed E-state index contributed by atoms with van der Waals surface area (Å²) in [7, 11) is 2.01. The van der Waals surface area contributed by atoms with Gasteiger partial charge in [0.2, 0.25) is 0 Å². The average Bonchev–Trinajstić information content (AvgIpc) is 2.73. The fourth-order valence-corrected chi connectivity index (χ4v) is 4.03. The normalized spacial score (nSPS) is 15.7. The zero-order valence-corrected chi connectivity index (χ0v) is 21.9. The molecule has 1 saturated heterocycles. The fraction of sp³-hybridized carbons (Fsp3) is 0.520. The molecule has 3 rings (SSSR count). The number of alkyl halides is 3. The number of ether oxygens (including phenoxy) is 2. The summed E-state index contributed by atoms with van der Waals surface area (Å²) in [6.07, 6.45) is -2.67. The second-order valence-corrected chi connectivity index (χ2v) is 9.03. The number of hydrogen-bond acceptors (Lipinski definition) is 5. The Morgan fingerprint density at radius 1 is 1.03 bits per heavy atom. The number of anilines is 1. The zero-order valence-electron chi connectivity index (χ0n) is 20.3. The van der Waals surface area contributed by atoms with Crippen molar-refractivity contribution in [3.8, 4) is 11.5 Å². The van der Waals surface area contributed by atoms with Gasteiger partial charge >= 0.3 is 6.36 Å².